The molecule has 2 heteroatoms. The van der Waals surface area contributed by atoms with Gasteiger partial charge in [-0.05, 0) is 51.0 Å². The molecule has 2 nitrogen and oxygen atoms in total. The first-order valence-electron chi connectivity index (χ1n) is 7.12. The van der Waals surface area contributed by atoms with Gasteiger partial charge in [0.2, 0.25) is 0 Å². The first-order chi connectivity index (χ1) is 8.69. The van der Waals surface area contributed by atoms with Gasteiger partial charge in [0.1, 0.15) is 0 Å². The van der Waals surface area contributed by atoms with Crippen molar-refractivity contribution >= 4 is 0 Å². The number of nitrogens with one attached hydrogen (secondary N) is 1. The lowest BCUT2D eigenvalue weighted by atomic mass is 9.75. The van der Waals surface area contributed by atoms with Crippen LogP contribution in [0.15, 0.2) is 24.3 Å². The van der Waals surface area contributed by atoms with Gasteiger partial charge in [-0.25, -0.2) is 0 Å². The van der Waals surface area contributed by atoms with Crippen LogP contribution >= 0.6 is 0 Å². The molecular formula is C16H25NO. The van der Waals surface area contributed by atoms with Crippen molar-refractivity contribution in [2.24, 2.45) is 0 Å². The predicted octanol–water partition coefficient (Wildman–Crippen LogP) is 2.99. The number of aliphatic hydroxyl groups is 1. The highest BCUT2D eigenvalue weighted by atomic mass is 16.2. The van der Waals surface area contributed by atoms with Gasteiger partial charge >= 0.3 is 0 Å². The number of aryl methyl sites for hydroxylation is 1. The van der Waals surface area contributed by atoms with E-state index in [4.69, 9.17) is 5.11 Å². The standard InChI is InChI=1S/C16H25NO/c1-12-5-7-14(8-6-12)15-10-16(11-15)17-13(2)4-3-9-18/h5-8,13,15-18H,3-4,9-11H2,1-2H3. The van der Waals surface area contributed by atoms with Crippen LogP contribution in [0.1, 0.15) is 49.7 Å². The minimum absolute atomic E-state index is 0.308. The maximum Gasteiger partial charge on any atom is 0.0431 e. The summed E-state index contributed by atoms with van der Waals surface area (Å²) in [5.74, 6) is 0.744. The molecule has 0 amide bonds. The van der Waals surface area contributed by atoms with Crippen molar-refractivity contribution in [3.05, 3.63) is 35.4 Å². The molecule has 1 fully saturated rings. The van der Waals surface area contributed by atoms with Gasteiger partial charge in [0.05, 0.1) is 0 Å². The van der Waals surface area contributed by atoms with Crippen LogP contribution < -0.4 is 5.32 Å². The van der Waals surface area contributed by atoms with E-state index in [1.165, 1.54) is 24.0 Å². The van der Waals surface area contributed by atoms with Gasteiger partial charge in [0.25, 0.3) is 0 Å². The first kappa shape index (κ1) is 13.6. The Kier molecular flexibility index (Phi) is 4.79. The summed E-state index contributed by atoms with van der Waals surface area (Å²) in [7, 11) is 0. The number of aliphatic hydroxyl groups excluding tert-OH is 1. The van der Waals surface area contributed by atoms with Gasteiger partial charge in [0.15, 0.2) is 0 Å². The fourth-order valence-electron chi connectivity index (χ4n) is 2.75. The van der Waals surface area contributed by atoms with Gasteiger partial charge in [0, 0.05) is 18.7 Å². The van der Waals surface area contributed by atoms with Crippen LogP contribution in [0, 0.1) is 6.92 Å². The van der Waals surface area contributed by atoms with Crippen LogP contribution in [0.3, 0.4) is 0 Å². The normalized spacial score (nSPS) is 24.6. The van der Waals surface area contributed by atoms with Crippen LogP contribution in [-0.4, -0.2) is 23.8 Å². The van der Waals surface area contributed by atoms with Gasteiger partial charge in [-0.1, -0.05) is 29.8 Å². The molecule has 18 heavy (non-hydrogen) atoms. The largest absolute Gasteiger partial charge is 0.396 e. The van der Waals surface area contributed by atoms with Crippen LogP contribution in [0.25, 0.3) is 0 Å². The summed E-state index contributed by atoms with van der Waals surface area (Å²) in [5.41, 5.74) is 2.83. The zero-order valence-corrected chi connectivity index (χ0v) is 11.5. The molecule has 2 N–H and O–H groups in total. The second-order valence-corrected chi connectivity index (χ2v) is 5.71. The van der Waals surface area contributed by atoms with E-state index in [0.29, 0.717) is 18.7 Å². The van der Waals surface area contributed by atoms with Crippen LogP contribution in [0.5, 0.6) is 0 Å². The molecule has 0 saturated heterocycles. The topological polar surface area (TPSA) is 32.3 Å². The lowest BCUT2D eigenvalue weighted by molar-refractivity contribution is 0.244. The average molecular weight is 247 g/mol. The third-order valence-corrected chi connectivity index (χ3v) is 4.00. The highest BCUT2D eigenvalue weighted by Gasteiger charge is 2.30. The summed E-state index contributed by atoms with van der Waals surface area (Å²) in [6, 6.07) is 10.2. The maximum atomic E-state index is 8.81. The van der Waals surface area contributed by atoms with Crippen molar-refractivity contribution in [1.29, 1.82) is 0 Å². The van der Waals surface area contributed by atoms with Crippen molar-refractivity contribution in [2.75, 3.05) is 6.61 Å². The van der Waals surface area contributed by atoms with Crippen molar-refractivity contribution in [2.45, 2.75) is 57.5 Å². The first-order valence-corrected chi connectivity index (χ1v) is 7.12. The Morgan fingerprint density at radius 3 is 2.56 bits per heavy atom. The van der Waals surface area contributed by atoms with Gasteiger partial charge in [-0.2, -0.15) is 0 Å². The molecule has 100 valence electrons. The van der Waals surface area contributed by atoms with E-state index in [1.807, 2.05) is 0 Å². The summed E-state index contributed by atoms with van der Waals surface area (Å²) in [5, 5.41) is 12.5. The summed E-state index contributed by atoms with van der Waals surface area (Å²) < 4.78 is 0. The SMILES string of the molecule is Cc1ccc(C2CC(NC(C)CCCO)C2)cc1. The number of rotatable bonds is 6. The lowest BCUT2D eigenvalue weighted by Crippen LogP contribution is -2.44. The predicted molar refractivity (Wildman–Crippen MR) is 75.9 cm³/mol. The molecule has 1 atom stereocenters. The van der Waals surface area contributed by atoms with Gasteiger partial charge in [-0.15, -0.1) is 0 Å². The molecule has 1 saturated carbocycles. The Hall–Kier alpha value is -0.860. The molecule has 0 aliphatic heterocycles. The van der Waals surface area contributed by atoms with Crippen LogP contribution in [0.4, 0.5) is 0 Å². The number of hydrogen-bond acceptors (Lipinski definition) is 2. The van der Waals surface area contributed by atoms with Gasteiger partial charge in [-0.3, -0.25) is 0 Å². The van der Waals surface area contributed by atoms with Crippen LogP contribution in [-0.2, 0) is 0 Å². The summed E-state index contributed by atoms with van der Waals surface area (Å²) >= 11 is 0. The van der Waals surface area contributed by atoms with E-state index in [9.17, 15) is 0 Å². The fraction of sp³-hybridized carbons (Fsp3) is 0.625. The molecule has 0 heterocycles. The third kappa shape index (κ3) is 3.56. The van der Waals surface area contributed by atoms with Crippen molar-refractivity contribution in [3.63, 3.8) is 0 Å². The number of hydrogen-bond donors (Lipinski definition) is 2. The molecule has 0 bridgehead atoms. The summed E-state index contributed by atoms with van der Waals surface area (Å²) in [4.78, 5) is 0. The maximum absolute atomic E-state index is 8.81. The van der Waals surface area contributed by atoms with Gasteiger partial charge < -0.3 is 10.4 Å². The van der Waals surface area contributed by atoms with E-state index in [2.05, 4.69) is 43.4 Å². The molecule has 0 radical (unpaired) electrons. The Bertz CT molecular complexity index is 354. The second kappa shape index (κ2) is 6.35. The highest BCUT2D eigenvalue weighted by molar-refractivity contribution is 5.26. The zero-order valence-electron chi connectivity index (χ0n) is 11.5. The third-order valence-electron chi connectivity index (χ3n) is 4.00. The molecule has 1 aromatic carbocycles. The van der Waals surface area contributed by atoms with Crippen molar-refractivity contribution in [3.8, 4) is 0 Å². The Morgan fingerprint density at radius 1 is 1.28 bits per heavy atom. The average Bonchev–Trinajstić information content (AvgIpc) is 2.32. The van der Waals surface area contributed by atoms with Crippen molar-refractivity contribution in [1.82, 2.24) is 5.32 Å². The minimum atomic E-state index is 0.308. The fourth-order valence-corrected chi connectivity index (χ4v) is 2.75. The molecule has 2 rings (SSSR count). The lowest BCUT2D eigenvalue weighted by Gasteiger charge is -2.38. The van der Waals surface area contributed by atoms with E-state index in [1.54, 1.807) is 0 Å². The summed E-state index contributed by atoms with van der Waals surface area (Å²) in [6.45, 7) is 4.66. The second-order valence-electron chi connectivity index (χ2n) is 5.71. The molecule has 1 unspecified atom stereocenters. The molecular weight excluding hydrogens is 222 g/mol. The van der Waals surface area contributed by atoms with E-state index in [0.717, 1.165) is 18.8 Å². The molecule has 0 aromatic heterocycles. The molecule has 1 aliphatic carbocycles. The highest BCUT2D eigenvalue weighted by Crippen LogP contribution is 2.37. The Labute approximate surface area is 110 Å². The number of benzene rings is 1. The Balaban J connectivity index is 1.72. The van der Waals surface area contributed by atoms with Crippen molar-refractivity contribution < 1.29 is 5.11 Å². The molecule has 0 spiro atoms. The minimum Gasteiger partial charge on any atom is -0.396 e. The monoisotopic (exact) mass is 247 g/mol. The quantitative estimate of drug-likeness (QED) is 0.810. The summed E-state index contributed by atoms with van der Waals surface area (Å²) in [6.07, 6.45) is 4.49. The van der Waals surface area contributed by atoms with E-state index < -0.39 is 0 Å². The zero-order chi connectivity index (χ0) is 13.0. The van der Waals surface area contributed by atoms with Crippen LogP contribution in [0.2, 0.25) is 0 Å². The Morgan fingerprint density at radius 2 is 1.94 bits per heavy atom. The van der Waals surface area contributed by atoms with E-state index in [-0.39, 0.29) is 0 Å². The smallest absolute Gasteiger partial charge is 0.0431 e. The van der Waals surface area contributed by atoms with E-state index >= 15 is 0 Å². The molecule has 1 aliphatic rings. The molecule has 1 aromatic rings.